The molecular formula is C17H23N3O3S2. The summed E-state index contributed by atoms with van der Waals surface area (Å²) in [4.78, 5) is 13.0. The van der Waals surface area contributed by atoms with E-state index in [2.05, 4.69) is 5.32 Å². The normalized spacial score (nSPS) is 11.6. The second-order valence-corrected chi connectivity index (χ2v) is 8.74. The molecule has 0 unspecified atom stereocenters. The monoisotopic (exact) mass is 381 g/mol. The number of sulfonamides is 1. The molecule has 2 aromatic rings. The predicted molar refractivity (Wildman–Crippen MR) is 101 cm³/mol. The Kier molecular flexibility index (Phi) is 6.57. The van der Waals surface area contributed by atoms with Crippen molar-refractivity contribution in [2.24, 2.45) is 0 Å². The van der Waals surface area contributed by atoms with Crippen molar-refractivity contribution in [2.45, 2.75) is 24.5 Å². The summed E-state index contributed by atoms with van der Waals surface area (Å²) in [6.07, 6.45) is 0.566. The van der Waals surface area contributed by atoms with Crippen LogP contribution in [0.1, 0.15) is 29.1 Å². The molecule has 0 atom stereocenters. The van der Waals surface area contributed by atoms with Gasteiger partial charge < -0.3 is 11.1 Å². The molecule has 8 heteroatoms. The number of benzene rings is 1. The van der Waals surface area contributed by atoms with Crippen LogP contribution < -0.4 is 11.1 Å². The number of amides is 1. The number of nitrogens with one attached hydrogen (secondary N) is 1. The molecule has 0 spiro atoms. The fraction of sp³-hybridized carbons (Fsp3) is 0.353. The zero-order valence-electron chi connectivity index (χ0n) is 14.4. The smallest absolute Gasteiger partial charge is 0.253 e. The van der Waals surface area contributed by atoms with Crippen molar-refractivity contribution >= 4 is 33.0 Å². The standard InChI is InChI=1S/C17H23N3O3S2/c1-3-20(4-2)25(22,23)16-10-9-13(24-16)11-12-19-17(21)14-7-5-6-8-15(14)18/h5-10H,3-4,11-12,18H2,1-2H3,(H,19,21). The molecular weight excluding hydrogens is 358 g/mol. The molecule has 0 aliphatic rings. The minimum absolute atomic E-state index is 0.231. The number of carbonyl (C=O) groups is 1. The number of hydrogen-bond acceptors (Lipinski definition) is 5. The number of hydrogen-bond donors (Lipinski definition) is 2. The average Bonchev–Trinajstić information content (AvgIpc) is 3.06. The third-order valence-electron chi connectivity index (χ3n) is 3.80. The molecule has 1 amide bonds. The highest BCUT2D eigenvalue weighted by Crippen LogP contribution is 2.25. The van der Waals surface area contributed by atoms with Crippen molar-refractivity contribution in [1.29, 1.82) is 0 Å². The summed E-state index contributed by atoms with van der Waals surface area (Å²) >= 11 is 1.24. The maximum Gasteiger partial charge on any atom is 0.253 e. The third-order valence-corrected chi connectivity index (χ3v) is 7.46. The number of nitrogen functional groups attached to an aromatic ring is 1. The molecule has 0 saturated carbocycles. The summed E-state index contributed by atoms with van der Waals surface area (Å²) in [5.74, 6) is -0.231. The Balaban J connectivity index is 1.96. The third kappa shape index (κ3) is 4.59. The van der Waals surface area contributed by atoms with Crippen LogP contribution in [-0.4, -0.2) is 38.3 Å². The number of anilines is 1. The first-order valence-electron chi connectivity index (χ1n) is 8.11. The molecule has 1 heterocycles. The summed E-state index contributed by atoms with van der Waals surface area (Å²) in [5, 5.41) is 2.81. The average molecular weight is 382 g/mol. The van der Waals surface area contributed by atoms with Gasteiger partial charge in [0.25, 0.3) is 15.9 Å². The molecule has 0 bridgehead atoms. The summed E-state index contributed by atoms with van der Waals surface area (Å²) in [6, 6.07) is 10.3. The first kappa shape index (κ1) is 19.4. The Labute approximate surface area is 152 Å². The van der Waals surface area contributed by atoms with Gasteiger partial charge in [-0.25, -0.2) is 8.42 Å². The Hall–Kier alpha value is -1.90. The van der Waals surface area contributed by atoms with Crippen molar-refractivity contribution in [3.05, 3.63) is 46.8 Å². The van der Waals surface area contributed by atoms with Gasteiger partial charge >= 0.3 is 0 Å². The van der Waals surface area contributed by atoms with Crippen LogP contribution in [0.15, 0.2) is 40.6 Å². The van der Waals surface area contributed by atoms with E-state index in [9.17, 15) is 13.2 Å². The number of thiophene rings is 1. The predicted octanol–water partition coefficient (Wildman–Crippen LogP) is 2.33. The van der Waals surface area contributed by atoms with Crippen molar-refractivity contribution in [2.75, 3.05) is 25.4 Å². The second kappa shape index (κ2) is 8.46. The SMILES string of the molecule is CCN(CC)S(=O)(=O)c1ccc(CCNC(=O)c2ccccc2N)s1. The quantitative estimate of drug-likeness (QED) is 0.687. The van der Waals surface area contributed by atoms with Gasteiger partial charge in [-0.2, -0.15) is 4.31 Å². The van der Waals surface area contributed by atoms with Gasteiger partial charge in [0, 0.05) is 30.2 Å². The first-order chi connectivity index (χ1) is 11.9. The van der Waals surface area contributed by atoms with E-state index in [4.69, 9.17) is 5.73 Å². The van der Waals surface area contributed by atoms with E-state index in [1.807, 2.05) is 13.8 Å². The molecule has 0 aliphatic carbocycles. The minimum Gasteiger partial charge on any atom is -0.398 e. The summed E-state index contributed by atoms with van der Waals surface area (Å²) in [5.41, 5.74) is 6.66. The largest absolute Gasteiger partial charge is 0.398 e. The van der Waals surface area contributed by atoms with Gasteiger partial charge in [0.05, 0.1) is 5.56 Å². The molecule has 0 radical (unpaired) electrons. The van der Waals surface area contributed by atoms with Crippen LogP contribution in [0.4, 0.5) is 5.69 Å². The van der Waals surface area contributed by atoms with Gasteiger partial charge in [-0.15, -0.1) is 11.3 Å². The maximum atomic E-state index is 12.5. The Morgan fingerprint density at radius 3 is 2.48 bits per heavy atom. The van der Waals surface area contributed by atoms with E-state index in [0.717, 1.165) is 4.88 Å². The van der Waals surface area contributed by atoms with Gasteiger partial charge in [-0.05, 0) is 30.7 Å². The molecule has 0 fully saturated rings. The van der Waals surface area contributed by atoms with Crippen molar-refractivity contribution in [3.8, 4) is 0 Å². The highest BCUT2D eigenvalue weighted by Gasteiger charge is 2.23. The fourth-order valence-corrected chi connectivity index (χ4v) is 5.39. The molecule has 0 saturated heterocycles. The maximum absolute atomic E-state index is 12.5. The van der Waals surface area contributed by atoms with E-state index >= 15 is 0 Å². The lowest BCUT2D eigenvalue weighted by Crippen LogP contribution is -2.30. The van der Waals surface area contributed by atoms with Gasteiger partial charge in [-0.3, -0.25) is 4.79 Å². The zero-order chi connectivity index (χ0) is 18.4. The lowest BCUT2D eigenvalue weighted by atomic mass is 10.1. The minimum atomic E-state index is -3.42. The molecule has 1 aromatic heterocycles. The highest BCUT2D eigenvalue weighted by atomic mass is 32.2. The molecule has 0 aliphatic heterocycles. The van der Waals surface area contributed by atoms with Gasteiger partial charge in [0.1, 0.15) is 4.21 Å². The molecule has 25 heavy (non-hydrogen) atoms. The van der Waals surface area contributed by atoms with E-state index in [1.54, 1.807) is 36.4 Å². The molecule has 136 valence electrons. The van der Waals surface area contributed by atoms with Crippen molar-refractivity contribution in [3.63, 3.8) is 0 Å². The van der Waals surface area contributed by atoms with Crippen LogP contribution in [0, 0.1) is 0 Å². The number of nitrogens with two attached hydrogens (primary N) is 1. The van der Waals surface area contributed by atoms with E-state index in [0.29, 0.717) is 41.5 Å². The van der Waals surface area contributed by atoms with Crippen LogP contribution >= 0.6 is 11.3 Å². The summed E-state index contributed by atoms with van der Waals surface area (Å²) in [6.45, 7) is 4.94. The topological polar surface area (TPSA) is 92.5 Å². The van der Waals surface area contributed by atoms with Gasteiger partial charge in [0.15, 0.2) is 0 Å². The van der Waals surface area contributed by atoms with Crippen LogP contribution in [0.3, 0.4) is 0 Å². The lowest BCUT2D eigenvalue weighted by molar-refractivity contribution is 0.0955. The van der Waals surface area contributed by atoms with E-state index in [1.165, 1.54) is 15.6 Å². The Bertz CT molecular complexity index is 827. The number of carbonyl (C=O) groups excluding carboxylic acids is 1. The van der Waals surface area contributed by atoms with E-state index in [-0.39, 0.29) is 5.91 Å². The van der Waals surface area contributed by atoms with Crippen molar-refractivity contribution < 1.29 is 13.2 Å². The van der Waals surface area contributed by atoms with Gasteiger partial charge in [-0.1, -0.05) is 26.0 Å². The Morgan fingerprint density at radius 2 is 1.84 bits per heavy atom. The van der Waals surface area contributed by atoms with Crippen LogP contribution in [0.5, 0.6) is 0 Å². The summed E-state index contributed by atoms with van der Waals surface area (Å²) < 4.78 is 26.7. The van der Waals surface area contributed by atoms with Gasteiger partial charge in [0.2, 0.25) is 0 Å². The highest BCUT2D eigenvalue weighted by molar-refractivity contribution is 7.91. The number of nitrogens with zero attached hydrogens (tertiary/aromatic N) is 1. The Morgan fingerprint density at radius 1 is 1.16 bits per heavy atom. The van der Waals surface area contributed by atoms with Crippen LogP contribution in [0.2, 0.25) is 0 Å². The molecule has 1 aromatic carbocycles. The molecule has 6 nitrogen and oxygen atoms in total. The number of rotatable bonds is 8. The number of para-hydroxylation sites is 1. The lowest BCUT2D eigenvalue weighted by Gasteiger charge is -2.16. The fourth-order valence-electron chi connectivity index (χ4n) is 2.42. The van der Waals surface area contributed by atoms with Crippen LogP contribution in [-0.2, 0) is 16.4 Å². The first-order valence-corrected chi connectivity index (χ1v) is 10.4. The van der Waals surface area contributed by atoms with Crippen molar-refractivity contribution in [1.82, 2.24) is 9.62 Å². The zero-order valence-corrected chi connectivity index (χ0v) is 16.0. The van der Waals surface area contributed by atoms with E-state index < -0.39 is 10.0 Å². The molecule has 2 rings (SSSR count). The van der Waals surface area contributed by atoms with Crippen LogP contribution in [0.25, 0.3) is 0 Å². The second-order valence-electron chi connectivity index (χ2n) is 5.40. The molecule has 3 N–H and O–H groups in total. The summed E-state index contributed by atoms with van der Waals surface area (Å²) in [7, 11) is -3.42.